The van der Waals surface area contributed by atoms with Gasteiger partial charge in [-0.05, 0) is 6.42 Å². The maximum atomic E-state index is 11.9. The zero-order chi connectivity index (χ0) is 14.4. The minimum absolute atomic E-state index is 0.0280. The van der Waals surface area contributed by atoms with Gasteiger partial charge in [0.2, 0.25) is 10.0 Å². The first kappa shape index (κ1) is 17.2. The first-order valence-electron chi connectivity index (χ1n) is 5.46. The van der Waals surface area contributed by atoms with Crippen LogP contribution in [0, 0.1) is 5.41 Å². The minimum atomic E-state index is -4.34. The van der Waals surface area contributed by atoms with Crippen LogP contribution in [0.5, 0.6) is 0 Å². The van der Waals surface area contributed by atoms with Gasteiger partial charge in [0.25, 0.3) is 0 Å². The molecule has 0 aliphatic heterocycles. The maximum absolute atomic E-state index is 11.9. The van der Waals surface area contributed by atoms with Gasteiger partial charge in [0.1, 0.15) is 0 Å². The Bertz CT molecular complexity index is 368. The van der Waals surface area contributed by atoms with Crippen LogP contribution in [0.3, 0.4) is 0 Å². The van der Waals surface area contributed by atoms with Gasteiger partial charge in [-0.3, -0.25) is 5.41 Å². The summed E-state index contributed by atoms with van der Waals surface area (Å²) in [4.78, 5) is 0. The van der Waals surface area contributed by atoms with Crippen molar-refractivity contribution < 1.29 is 21.6 Å². The highest BCUT2D eigenvalue weighted by atomic mass is 32.2. The van der Waals surface area contributed by atoms with E-state index >= 15 is 0 Å². The summed E-state index contributed by atoms with van der Waals surface area (Å²) >= 11 is 0. The molecule has 108 valence electrons. The molecule has 0 radical (unpaired) electrons. The maximum Gasteiger partial charge on any atom is 0.389 e. The number of rotatable bonds is 8. The molecule has 18 heavy (non-hydrogen) atoms. The average Bonchev–Trinajstić information content (AvgIpc) is 2.14. The second kappa shape index (κ2) is 6.93. The molecule has 0 aliphatic carbocycles. The minimum Gasteiger partial charge on any atom is -0.388 e. The van der Waals surface area contributed by atoms with Gasteiger partial charge in [-0.1, -0.05) is 6.92 Å². The fourth-order valence-electron chi connectivity index (χ4n) is 1.32. The molecule has 0 aromatic heterocycles. The molecule has 0 spiro atoms. The van der Waals surface area contributed by atoms with Crippen LogP contribution in [0.1, 0.15) is 26.2 Å². The fourth-order valence-corrected chi connectivity index (χ4v) is 2.85. The number of nitrogens with zero attached hydrogens (tertiary/aromatic N) is 1. The highest BCUT2D eigenvalue weighted by Crippen LogP contribution is 2.22. The van der Waals surface area contributed by atoms with Crippen LogP contribution in [0.4, 0.5) is 13.2 Å². The molecule has 0 saturated carbocycles. The monoisotopic (exact) mass is 289 g/mol. The van der Waals surface area contributed by atoms with Gasteiger partial charge in [0.05, 0.1) is 11.6 Å². The van der Waals surface area contributed by atoms with Crippen molar-refractivity contribution in [3.05, 3.63) is 0 Å². The molecular formula is C9H18F3N3O2S. The number of nitrogens with two attached hydrogens (primary N) is 1. The normalized spacial score (nSPS) is 12.9. The van der Waals surface area contributed by atoms with Gasteiger partial charge < -0.3 is 5.73 Å². The van der Waals surface area contributed by atoms with Crippen molar-refractivity contribution in [2.75, 3.05) is 18.8 Å². The molecule has 9 heteroatoms. The molecule has 0 aliphatic rings. The van der Waals surface area contributed by atoms with E-state index in [0.717, 1.165) is 4.31 Å². The molecule has 0 rings (SSSR count). The molecule has 3 N–H and O–H groups in total. The van der Waals surface area contributed by atoms with E-state index in [1.165, 1.54) is 0 Å². The Kier molecular flexibility index (Phi) is 6.61. The summed E-state index contributed by atoms with van der Waals surface area (Å²) in [5.41, 5.74) is 5.11. The van der Waals surface area contributed by atoms with E-state index in [2.05, 4.69) is 0 Å². The van der Waals surface area contributed by atoms with E-state index in [1.807, 2.05) is 0 Å². The van der Waals surface area contributed by atoms with Crippen LogP contribution in [0.25, 0.3) is 0 Å². The van der Waals surface area contributed by atoms with Gasteiger partial charge in [0.15, 0.2) is 0 Å². The second-order valence-corrected chi connectivity index (χ2v) is 5.89. The summed E-state index contributed by atoms with van der Waals surface area (Å²) in [5.74, 6) is -0.697. The lowest BCUT2D eigenvalue weighted by Crippen LogP contribution is -2.35. The summed E-state index contributed by atoms with van der Waals surface area (Å²) in [6.45, 7) is 1.77. The molecule has 5 nitrogen and oxygen atoms in total. The highest BCUT2D eigenvalue weighted by Gasteiger charge is 2.28. The van der Waals surface area contributed by atoms with Crippen molar-refractivity contribution in [1.82, 2.24) is 4.31 Å². The van der Waals surface area contributed by atoms with E-state index in [9.17, 15) is 21.6 Å². The van der Waals surface area contributed by atoms with Gasteiger partial charge in [-0.2, -0.15) is 13.2 Å². The fraction of sp³-hybridized carbons (Fsp3) is 0.889. The number of hydrogen-bond acceptors (Lipinski definition) is 3. The predicted molar refractivity (Wildman–Crippen MR) is 62.9 cm³/mol. The first-order valence-corrected chi connectivity index (χ1v) is 7.07. The van der Waals surface area contributed by atoms with E-state index in [4.69, 9.17) is 11.1 Å². The number of alkyl halides is 3. The Hall–Kier alpha value is -0.830. The molecule has 0 saturated heterocycles. The Morgan fingerprint density at radius 3 is 2.33 bits per heavy atom. The average molecular weight is 289 g/mol. The van der Waals surface area contributed by atoms with Crippen molar-refractivity contribution in [1.29, 1.82) is 5.41 Å². The molecule has 0 unspecified atom stereocenters. The lowest BCUT2D eigenvalue weighted by atomic mass is 10.3. The van der Waals surface area contributed by atoms with Crippen LogP contribution in [-0.4, -0.2) is 43.6 Å². The largest absolute Gasteiger partial charge is 0.389 e. The zero-order valence-electron chi connectivity index (χ0n) is 10.1. The van der Waals surface area contributed by atoms with Crippen LogP contribution < -0.4 is 5.73 Å². The molecule has 0 aromatic carbocycles. The zero-order valence-corrected chi connectivity index (χ0v) is 10.9. The second-order valence-electron chi connectivity index (χ2n) is 3.80. The Morgan fingerprint density at radius 1 is 1.39 bits per heavy atom. The Morgan fingerprint density at radius 2 is 1.94 bits per heavy atom. The number of amidine groups is 1. The summed E-state index contributed by atoms with van der Waals surface area (Å²) in [6, 6.07) is 0. The van der Waals surface area contributed by atoms with Crippen molar-refractivity contribution in [3.63, 3.8) is 0 Å². The third-order valence-corrected chi connectivity index (χ3v) is 4.27. The van der Waals surface area contributed by atoms with Crippen LogP contribution in [0.2, 0.25) is 0 Å². The van der Waals surface area contributed by atoms with Gasteiger partial charge in [-0.25, -0.2) is 12.7 Å². The number of halogens is 3. The Labute approximate surface area is 105 Å². The molecule has 0 atom stereocenters. The number of sulfonamides is 1. The van der Waals surface area contributed by atoms with Crippen molar-refractivity contribution in [3.8, 4) is 0 Å². The van der Waals surface area contributed by atoms with E-state index in [-0.39, 0.29) is 25.3 Å². The summed E-state index contributed by atoms with van der Waals surface area (Å²) < 4.78 is 60.2. The Balaban J connectivity index is 4.35. The van der Waals surface area contributed by atoms with E-state index in [0.29, 0.717) is 0 Å². The standard InChI is InChI=1S/C9H18F3N3O2S/c1-2-15(6-4-8(13)14)18(16,17)7-3-5-9(10,11)12/h2-7H2,1H3,(H3,13,14). The van der Waals surface area contributed by atoms with Crippen LogP contribution >= 0.6 is 0 Å². The number of hydrogen-bond donors (Lipinski definition) is 2. The highest BCUT2D eigenvalue weighted by molar-refractivity contribution is 7.89. The lowest BCUT2D eigenvalue weighted by molar-refractivity contribution is -0.134. The molecule has 0 heterocycles. The molecule has 0 aromatic rings. The summed E-state index contributed by atoms with van der Waals surface area (Å²) in [6.07, 6.45) is -5.84. The SMILES string of the molecule is CCN(CCC(=N)N)S(=O)(=O)CCCC(F)(F)F. The van der Waals surface area contributed by atoms with E-state index in [1.54, 1.807) is 6.92 Å². The van der Waals surface area contributed by atoms with Crippen molar-refractivity contribution in [2.24, 2.45) is 5.73 Å². The summed E-state index contributed by atoms with van der Waals surface area (Å²) in [7, 11) is -3.71. The van der Waals surface area contributed by atoms with Crippen LogP contribution in [-0.2, 0) is 10.0 Å². The van der Waals surface area contributed by atoms with Gasteiger partial charge >= 0.3 is 6.18 Å². The van der Waals surface area contributed by atoms with Crippen molar-refractivity contribution in [2.45, 2.75) is 32.4 Å². The molecular weight excluding hydrogens is 271 g/mol. The molecule has 0 amide bonds. The summed E-state index contributed by atoms with van der Waals surface area (Å²) in [5, 5.41) is 6.99. The predicted octanol–water partition coefficient (Wildman–Crippen LogP) is 1.31. The smallest absolute Gasteiger partial charge is 0.388 e. The third-order valence-electron chi connectivity index (χ3n) is 2.24. The quantitative estimate of drug-likeness (QED) is 0.521. The molecule has 0 fully saturated rings. The van der Waals surface area contributed by atoms with E-state index < -0.39 is 34.8 Å². The first-order chi connectivity index (χ1) is 8.08. The van der Waals surface area contributed by atoms with Crippen molar-refractivity contribution >= 4 is 15.9 Å². The topological polar surface area (TPSA) is 87.2 Å². The molecule has 0 bridgehead atoms. The third kappa shape index (κ3) is 7.49. The van der Waals surface area contributed by atoms with Crippen LogP contribution in [0.15, 0.2) is 0 Å². The number of nitrogens with one attached hydrogen (secondary N) is 1. The van der Waals surface area contributed by atoms with Gasteiger partial charge in [0, 0.05) is 25.9 Å². The lowest BCUT2D eigenvalue weighted by Gasteiger charge is -2.20. The van der Waals surface area contributed by atoms with Gasteiger partial charge in [-0.15, -0.1) is 0 Å².